The van der Waals surface area contributed by atoms with Crippen LogP contribution in [-0.4, -0.2) is 11.9 Å². The molecule has 0 bridgehead atoms. The number of carbonyl (C=O) groups excluding carboxylic acids is 1. The van der Waals surface area contributed by atoms with Gasteiger partial charge in [-0.15, -0.1) is 0 Å². The lowest BCUT2D eigenvalue weighted by atomic mass is 10.1. The third kappa shape index (κ3) is 5.31. The fraction of sp³-hybridized carbons (Fsp3) is 0.533. The lowest BCUT2D eigenvalue weighted by Gasteiger charge is -2.14. The van der Waals surface area contributed by atoms with Gasteiger partial charge in [0.05, 0.1) is 10.0 Å². The first-order valence-electron chi connectivity index (χ1n) is 6.81. The van der Waals surface area contributed by atoms with Gasteiger partial charge in [-0.2, -0.15) is 0 Å². The molecule has 0 spiro atoms. The average molecular weight is 330 g/mol. The number of amides is 1. The highest BCUT2D eigenvalue weighted by Gasteiger charge is 2.14. The molecule has 1 amide bonds. The minimum atomic E-state index is -0.414. The predicted octanol–water partition coefficient (Wildman–Crippen LogP) is 4.68. The molecule has 1 N–H and O–H groups in total. The van der Waals surface area contributed by atoms with Crippen molar-refractivity contribution in [2.24, 2.45) is 0 Å². The number of unbranched alkanes of at least 4 members (excludes halogenated alkanes) is 3. The Morgan fingerprint density at radius 3 is 2.79 bits per heavy atom. The Balaban J connectivity index is 2.48. The molecule has 19 heavy (non-hydrogen) atoms. The molecule has 0 aliphatic carbocycles. The maximum atomic E-state index is 13.3. The molecule has 1 aromatic rings. The van der Waals surface area contributed by atoms with Gasteiger partial charge in [-0.3, -0.25) is 4.79 Å². The van der Waals surface area contributed by atoms with Crippen molar-refractivity contribution in [2.75, 3.05) is 0 Å². The summed E-state index contributed by atoms with van der Waals surface area (Å²) in [6.07, 6.45) is 5.70. The predicted molar refractivity (Wildman–Crippen MR) is 79.8 cm³/mol. The fourth-order valence-electron chi connectivity index (χ4n) is 1.93. The zero-order valence-electron chi connectivity index (χ0n) is 11.5. The first-order valence-corrected chi connectivity index (χ1v) is 7.60. The molecule has 1 aromatic carbocycles. The van der Waals surface area contributed by atoms with E-state index in [0.717, 1.165) is 12.8 Å². The van der Waals surface area contributed by atoms with Crippen molar-refractivity contribution in [3.8, 4) is 0 Å². The second kappa shape index (κ2) is 8.31. The van der Waals surface area contributed by atoms with Crippen LogP contribution in [-0.2, 0) is 0 Å². The van der Waals surface area contributed by atoms with E-state index >= 15 is 0 Å². The third-order valence-electron chi connectivity index (χ3n) is 3.06. The summed E-state index contributed by atoms with van der Waals surface area (Å²) in [5.41, 5.74) is 0.348. The average Bonchev–Trinajstić information content (AvgIpc) is 2.38. The van der Waals surface area contributed by atoms with E-state index in [4.69, 9.17) is 0 Å². The van der Waals surface area contributed by atoms with Crippen molar-refractivity contribution in [1.29, 1.82) is 0 Å². The maximum Gasteiger partial charge on any atom is 0.252 e. The van der Waals surface area contributed by atoms with Crippen molar-refractivity contribution in [3.63, 3.8) is 0 Å². The van der Waals surface area contributed by atoms with Crippen LogP contribution < -0.4 is 5.32 Å². The van der Waals surface area contributed by atoms with Crippen LogP contribution >= 0.6 is 15.9 Å². The maximum absolute atomic E-state index is 13.3. The molecular weight excluding hydrogens is 309 g/mol. The van der Waals surface area contributed by atoms with Crippen LogP contribution in [0.1, 0.15) is 56.3 Å². The lowest BCUT2D eigenvalue weighted by Crippen LogP contribution is -2.32. The first kappa shape index (κ1) is 16.2. The summed E-state index contributed by atoms with van der Waals surface area (Å²) >= 11 is 3.11. The van der Waals surface area contributed by atoms with E-state index in [9.17, 15) is 9.18 Å². The quantitative estimate of drug-likeness (QED) is 0.723. The van der Waals surface area contributed by atoms with Crippen LogP contribution in [0.2, 0.25) is 0 Å². The Hall–Kier alpha value is -0.900. The van der Waals surface area contributed by atoms with Gasteiger partial charge in [0.1, 0.15) is 5.82 Å². The van der Waals surface area contributed by atoms with Gasteiger partial charge >= 0.3 is 0 Å². The summed E-state index contributed by atoms with van der Waals surface area (Å²) in [4.78, 5) is 12.0. The standard InChI is InChI=1S/C15H21BrFNO/c1-3-4-5-6-8-11(2)18-15(19)12-9-7-10-13(17)14(12)16/h7,9-11H,3-6,8H2,1-2H3,(H,18,19). The molecule has 0 aliphatic heterocycles. The molecule has 0 fully saturated rings. The van der Waals surface area contributed by atoms with Gasteiger partial charge < -0.3 is 5.32 Å². The highest BCUT2D eigenvalue weighted by atomic mass is 79.9. The van der Waals surface area contributed by atoms with Gasteiger partial charge in [-0.05, 0) is 41.4 Å². The van der Waals surface area contributed by atoms with Crippen molar-refractivity contribution in [3.05, 3.63) is 34.1 Å². The SMILES string of the molecule is CCCCCCC(C)NC(=O)c1cccc(F)c1Br. The van der Waals surface area contributed by atoms with E-state index < -0.39 is 5.82 Å². The second-order valence-electron chi connectivity index (χ2n) is 4.83. The van der Waals surface area contributed by atoms with Gasteiger partial charge in [0, 0.05) is 6.04 Å². The van der Waals surface area contributed by atoms with E-state index in [-0.39, 0.29) is 16.4 Å². The molecule has 0 aromatic heterocycles. The van der Waals surface area contributed by atoms with Gasteiger partial charge in [-0.25, -0.2) is 4.39 Å². The Bertz CT molecular complexity index is 423. The number of hydrogen-bond acceptors (Lipinski definition) is 1. The summed E-state index contributed by atoms with van der Waals surface area (Å²) in [6, 6.07) is 4.60. The van der Waals surface area contributed by atoms with Crippen molar-refractivity contribution < 1.29 is 9.18 Å². The molecule has 1 rings (SSSR count). The molecule has 1 atom stereocenters. The highest BCUT2D eigenvalue weighted by Crippen LogP contribution is 2.20. The van der Waals surface area contributed by atoms with E-state index in [1.165, 1.54) is 25.3 Å². The largest absolute Gasteiger partial charge is 0.350 e. The van der Waals surface area contributed by atoms with Crippen LogP contribution in [0.25, 0.3) is 0 Å². The molecule has 0 saturated carbocycles. The van der Waals surface area contributed by atoms with E-state index in [0.29, 0.717) is 5.56 Å². The Labute approximate surface area is 122 Å². The molecule has 1 unspecified atom stereocenters. The molecule has 0 saturated heterocycles. The van der Waals surface area contributed by atoms with Crippen LogP contribution in [0.3, 0.4) is 0 Å². The lowest BCUT2D eigenvalue weighted by molar-refractivity contribution is 0.0936. The van der Waals surface area contributed by atoms with Gasteiger partial charge in [-0.1, -0.05) is 38.7 Å². The Morgan fingerprint density at radius 2 is 2.11 bits per heavy atom. The third-order valence-corrected chi connectivity index (χ3v) is 3.87. The number of rotatable bonds is 7. The molecule has 2 nitrogen and oxygen atoms in total. The number of benzene rings is 1. The summed E-state index contributed by atoms with van der Waals surface area (Å²) < 4.78 is 13.6. The van der Waals surface area contributed by atoms with Crippen LogP contribution in [0.5, 0.6) is 0 Å². The first-order chi connectivity index (χ1) is 9.06. The van der Waals surface area contributed by atoms with Gasteiger partial charge in [0.15, 0.2) is 0 Å². The smallest absolute Gasteiger partial charge is 0.252 e. The van der Waals surface area contributed by atoms with Crippen LogP contribution in [0.15, 0.2) is 22.7 Å². The molecule has 0 aliphatic rings. The van der Waals surface area contributed by atoms with Crippen molar-refractivity contribution >= 4 is 21.8 Å². The molecule has 0 radical (unpaired) electrons. The monoisotopic (exact) mass is 329 g/mol. The van der Waals surface area contributed by atoms with Gasteiger partial charge in [0.25, 0.3) is 5.91 Å². The Kier molecular flexibility index (Phi) is 7.06. The summed E-state index contributed by atoms with van der Waals surface area (Å²) in [5.74, 6) is -0.641. The number of halogens is 2. The zero-order chi connectivity index (χ0) is 14.3. The van der Waals surface area contributed by atoms with Gasteiger partial charge in [0.2, 0.25) is 0 Å². The minimum Gasteiger partial charge on any atom is -0.350 e. The molecule has 0 heterocycles. The minimum absolute atomic E-state index is 0.111. The molecule has 4 heteroatoms. The van der Waals surface area contributed by atoms with Crippen LogP contribution in [0.4, 0.5) is 4.39 Å². The highest BCUT2D eigenvalue weighted by molar-refractivity contribution is 9.10. The van der Waals surface area contributed by atoms with Crippen molar-refractivity contribution in [2.45, 2.75) is 52.0 Å². The van der Waals surface area contributed by atoms with Crippen molar-refractivity contribution in [1.82, 2.24) is 5.32 Å². The fourth-order valence-corrected chi connectivity index (χ4v) is 2.37. The normalized spacial score (nSPS) is 12.2. The molecule has 106 valence electrons. The van der Waals surface area contributed by atoms with E-state index in [1.54, 1.807) is 12.1 Å². The summed E-state index contributed by atoms with van der Waals surface area (Å²) in [7, 11) is 0. The summed E-state index contributed by atoms with van der Waals surface area (Å²) in [5, 5.41) is 2.91. The number of nitrogens with one attached hydrogen (secondary N) is 1. The number of hydrogen-bond donors (Lipinski definition) is 1. The Morgan fingerprint density at radius 1 is 1.37 bits per heavy atom. The molecular formula is C15H21BrFNO. The van der Waals surface area contributed by atoms with Crippen LogP contribution in [0, 0.1) is 5.82 Å². The number of carbonyl (C=O) groups is 1. The van der Waals surface area contributed by atoms with E-state index in [1.807, 2.05) is 6.92 Å². The topological polar surface area (TPSA) is 29.1 Å². The summed E-state index contributed by atoms with van der Waals surface area (Å²) in [6.45, 7) is 4.16. The second-order valence-corrected chi connectivity index (χ2v) is 5.62. The zero-order valence-corrected chi connectivity index (χ0v) is 13.1. The van der Waals surface area contributed by atoms with E-state index in [2.05, 4.69) is 28.2 Å².